The molecule has 0 radical (unpaired) electrons. The van der Waals surface area contributed by atoms with E-state index in [0.29, 0.717) is 17.0 Å². The Kier molecular flexibility index (Phi) is 3.50. The second-order valence-corrected chi connectivity index (χ2v) is 3.06. The number of rotatable bonds is 3. The van der Waals surface area contributed by atoms with Gasteiger partial charge in [0.1, 0.15) is 11.9 Å². The summed E-state index contributed by atoms with van der Waals surface area (Å²) in [5.41, 5.74) is 6.30. The largest absolute Gasteiger partial charge is 0.497 e. The molecule has 4 N–H and O–H groups in total. The molecule has 0 amide bonds. The minimum Gasteiger partial charge on any atom is -0.497 e. The lowest BCUT2D eigenvalue weighted by Crippen LogP contribution is -2.16. The molecule has 2 unspecified atom stereocenters. The number of nitriles is 1. The Hall–Kier alpha value is -1.77. The summed E-state index contributed by atoms with van der Waals surface area (Å²) < 4.78 is 4.94. The van der Waals surface area contributed by atoms with Crippen LogP contribution in [0.2, 0.25) is 0 Å². The van der Waals surface area contributed by atoms with Crippen LogP contribution >= 0.6 is 0 Å². The van der Waals surface area contributed by atoms with Crippen molar-refractivity contribution in [3.05, 3.63) is 23.8 Å². The summed E-state index contributed by atoms with van der Waals surface area (Å²) in [6.07, 6.45) is -2.76. The maximum Gasteiger partial charge on any atom is 0.170 e. The molecule has 0 aliphatic carbocycles. The van der Waals surface area contributed by atoms with Crippen LogP contribution in [0.25, 0.3) is 0 Å². The Morgan fingerprint density at radius 3 is 2.60 bits per heavy atom. The molecule has 0 aliphatic heterocycles. The molecule has 0 heterocycles. The van der Waals surface area contributed by atoms with Crippen LogP contribution in [-0.2, 0) is 0 Å². The number of hydrogen-bond acceptors (Lipinski definition) is 5. The summed E-state index contributed by atoms with van der Waals surface area (Å²) in [5.74, 6) is 0.467. The highest BCUT2D eigenvalue weighted by atomic mass is 16.5. The van der Waals surface area contributed by atoms with Gasteiger partial charge in [-0.2, -0.15) is 5.26 Å². The predicted molar refractivity (Wildman–Crippen MR) is 54.0 cm³/mol. The summed E-state index contributed by atoms with van der Waals surface area (Å²) in [4.78, 5) is 0. The van der Waals surface area contributed by atoms with Crippen LogP contribution in [0.5, 0.6) is 5.75 Å². The Balaban J connectivity index is 3.04. The van der Waals surface area contributed by atoms with Gasteiger partial charge in [0.05, 0.1) is 13.2 Å². The van der Waals surface area contributed by atoms with Gasteiger partial charge in [-0.3, -0.25) is 0 Å². The molecule has 0 fully saturated rings. The van der Waals surface area contributed by atoms with Gasteiger partial charge in [0, 0.05) is 11.8 Å². The maximum absolute atomic E-state index is 9.55. The molecule has 80 valence electrons. The average Bonchev–Trinajstić information content (AvgIpc) is 2.26. The molecule has 0 spiro atoms. The first kappa shape index (κ1) is 11.3. The van der Waals surface area contributed by atoms with E-state index in [9.17, 15) is 5.11 Å². The van der Waals surface area contributed by atoms with Gasteiger partial charge in [0.25, 0.3) is 0 Å². The van der Waals surface area contributed by atoms with Gasteiger partial charge in [-0.05, 0) is 17.7 Å². The van der Waals surface area contributed by atoms with Gasteiger partial charge in [-0.25, -0.2) is 0 Å². The SMILES string of the molecule is COc1cc(N)cc(C(O)C(O)C#N)c1. The number of hydrogen-bond donors (Lipinski definition) is 3. The van der Waals surface area contributed by atoms with Gasteiger partial charge in [-0.15, -0.1) is 0 Å². The summed E-state index contributed by atoms with van der Waals surface area (Å²) in [6.45, 7) is 0. The van der Waals surface area contributed by atoms with E-state index in [2.05, 4.69) is 0 Å². The van der Waals surface area contributed by atoms with Crippen molar-refractivity contribution in [3.8, 4) is 11.8 Å². The summed E-state index contributed by atoms with van der Waals surface area (Å²) in [7, 11) is 1.46. The lowest BCUT2D eigenvalue weighted by atomic mass is 10.0. The third kappa shape index (κ3) is 2.59. The molecule has 5 nitrogen and oxygen atoms in total. The zero-order valence-electron chi connectivity index (χ0n) is 8.21. The molecule has 5 heteroatoms. The fourth-order valence-electron chi connectivity index (χ4n) is 1.19. The van der Waals surface area contributed by atoms with Crippen LogP contribution in [-0.4, -0.2) is 23.4 Å². The molecule has 1 aromatic carbocycles. The smallest absolute Gasteiger partial charge is 0.170 e. The van der Waals surface area contributed by atoms with E-state index in [-0.39, 0.29) is 0 Å². The van der Waals surface area contributed by atoms with E-state index in [1.165, 1.54) is 19.2 Å². The van der Waals surface area contributed by atoms with E-state index in [0.717, 1.165) is 0 Å². The number of nitrogens with zero attached hydrogens (tertiary/aromatic N) is 1. The van der Waals surface area contributed by atoms with Gasteiger partial charge in [-0.1, -0.05) is 0 Å². The van der Waals surface area contributed by atoms with E-state index in [4.69, 9.17) is 20.8 Å². The first-order valence-corrected chi connectivity index (χ1v) is 4.28. The number of methoxy groups -OCH3 is 1. The zero-order chi connectivity index (χ0) is 11.4. The normalized spacial score (nSPS) is 14.0. The first-order valence-electron chi connectivity index (χ1n) is 4.28. The Bertz CT molecular complexity index is 387. The predicted octanol–water partition coefficient (Wildman–Crippen LogP) is 0.195. The molecule has 15 heavy (non-hydrogen) atoms. The van der Waals surface area contributed by atoms with Gasteiger partial charge < -0.3 is 20.7 Å². The second-order valence-electron chi connectivity index (χ2n) is 3.06. The van der Waals surface area contributed by atoms with Gasteiger partial charge in [0.2, 0.25) is 0 Å². The molecule has 0 saturated heterocycles. The number of anilines is 1. The molecule has 0 saturated carbocycles. The van der Waals surface area contributed by atoms with Crippen molar-refractivity contribution in [2.45, 2.75) is 12.2 Å². The van der Waals surface area contributed by atoms with Crippen LogP contribution in [0.1, 0.15) is 11.7 Å². The van der Waals surface area contributed by atoms with Crippen molar-refractivity contribution in [3.63, 3.8) is 0 Å². The van der Waals surface area contributed by atoms with E-state index < -0.39 is 12.2 Å². The fourth-order valence-corrected chi connectivity index (χ4v) is 1.19. The number of benzene rings is 1. The van der Waals surface area contributed by atoms with Crippen molar-refractivity contribution in [2.75, 3.05) is 12.8 Å². The van der Waals surface area contributed by atoms with Crippen LogP contribution in [0, 0.1) is 11.3 Å². The van der Waals surface area contributed by atoms with Gasteiger partial charge >= 0.3 is 0 Å². The molecule has 0 aromatic heterocycles. The Morgan fingerprint density at radius 2 is 2.07 bits per heavy atom. The summed E-state index contributed by atoms with van der Waals surface area (Å²) in [6, 6.07) is 6.12. The van der Waals surface area contributed by atoms with Crippen molar-refractivity contribution < 1.29 is 14.9 Å². The average molecular weight is 208 g/mol. The molecule has 1 aromatic rings. The minimum absolute atomic E-state index is 0.348. The number of aliphatic hydroxyl groups is 2. The number of aliphatic hydroxyl groups excluding tert-OH is 2. The molecular formula is C10H12N2O3. The third-order valence-corrected chi connectivity index (χ3v) is 1.96. The quantitative estimate of drug-likeness (QED) is 0.486. The van der Waals surface area contributed by atoms with Crippen LogP contribution in [0.15, 0.2) is 18.2 Å². The van der Waals surface area contributed by atoms with Gasteiger partial charge in [0.15, 0.2) is 6.10 Å². The lowest BCUT2D eigenvalue weighted by Gasteiger charge is -2.13. The topological polar surface area (TPSA) is 99.5 Å². The van der Waals surface area contributed by atoms with E-state index in [1.807, 2.05) is 0 Å². The standard InChI is InChI=1S/C10H12N2O3/c1-15-8-3-6(2-7(12)4-8)10(14)9(13)5-11/h2-4,9-10,13-14H,12H2,1H3. The number of nitrogens with two attached hydrogens (primary N) is 1. The van der Waals surface area contributed by atoms with Crippen LogP contribution < -0.4 is 10.5 Å². The summed E-state index contributed by atoms with van der Waals surface area (Å²) >= 11 is 0. The summed E-state index contributed by atoms with van der Waals surface area (Å²) in [5, 5.41) is 27.1. The maximum atomic E-state index is 9.55. The van der Waals surface area contributed by atoms with E-state index >= 15 is 0 Å². The van der Waals surface area contributed by atoms with Crippen LogP contribution in [0.4, 0.5) is 5.69 Å². The first-order chi connectivity index (χ1) is 7.08. The molecule has 0 aliphatic rings. The van der Waals surface area contributed by atoms with Crippen LogP contribution in [0.3, 0.4) is 0 Å². The highest BCUT2D eigenvalue weighted by Crippen LogP contribution is 2.24. The fraction of sp³-hybridized carbons (Fsp3) is 0.300. The van der Waals surface area contributed by atoms with E-state index in [1.54, 1.807) is 12.1 Å². The number of nitrogen functional groups attached to an aromatic ring is 1. The minimum atomic E-state index is -1.48. The zero-order valence-corrected chi connectivity index (χ0v) is 8.21. The second kappa shape index (κ2) is 4.64. The highest BCUT2D eigenvalue weighted by molar-refractivity contribution is 5.48. The van der Waals surface area contributed by atoms with Crippen molar-refractivity contribution >= 4 is 5.69 Å². The highest BCUT2D eigenvalue weighted by Gasteiger charge is 2.18. The van der Waals surface area contributed by atoms with Crippen molar-refractivity contribution in [1.29, 1.82) is 5.26 Å². The molecule has 1 rings (SSSR count). The lowest BCUT2D eigenvalue weighted by molar-refractivity contribution is 0.0527. The third-order valence-electron chi connectivity index (χ3n) is 1.96. The monoisotopic (exact) mass is 208 g/mol. The Morgan fingerprint density at radius 1 is 1.40 bits per heavy atom. The number of ether oxygens (including phenoxy) is 1. The Labute approximate surface area is 87.3 Å². The van der Waals surface area contributed by atoms with Crippen molar-refractivity contribution in [2.24, 2.45) is 0 Å². The molecular weight excluding hydrogens is 196 g/mol. The van der Waals surface area contributed by atoms with Crippen molar-refractivity contribution in [1.82, 2.24) is 0 Å². The molecule has 2 atom stereocenters. The molecule has 0 bridgehead atoms.